The van der Waals surface area contributed by atoms with Crippen LogP contribution in [0.25, 0.3) is 5.57 Å². The molecule has 28 heavy (non-hydrogen) atoms. The fourth-order valence-corrected chi connectivity index (χ4v) is 3.69. The van der Waals surface area contributed by atoms with Crippen LogP contribution in [-0.4, -0.2) is 40.5 Å². The zero-order chi connectivity index (χ0) is 19.2. The molecule has 6 nitrogen and oxygen atoms in total. The van der Waals surface area contributed by atoms with E-state index in [-0.39, 0.29) is 12.3 Å². The van der Waals surface area contributed by atoms with Crippen molar-refractivity contribution in [3.8, 4) is 0 Å². The van der Waals surface area contributed by atoms with Gasteiger partial charge in [0.25, 0.3) is 0 Å². The maximum Gasteiger partial charge on any atom is 0.410 e. The third-order valence-corrected chi connectivity index (χ3v) is 5.28. The van der Waals surface area contributed by atoms with E-state index < -0.39 is 0 Å². The van der Waals surface area contributed by atoms with Crippen LogP contribution < -0.4 is 0 Å². The second-order valence-corrected chi connectivity index (χ2v) is 7.32. The largest absolute Gasteiger partial charge is 0.445 e. The Morgan fingerprint density at radius 1 is 1.18 bits per heavy atom. The minimum atomic E-state index is -0.262. The Kier molecular flexibility index (Phi) is 6.07. The number of amides is 1. The molecule has 1 amide bonds. The van der Waals surface area contributed by atoms with E-state index in [4.69, 9.17) is 14.6 Å². The maximum absolute atomic E-state index is 12.4. The van der Waals surface area contributed by atoms with Crippen molar-refractivity contribution in [1.29, 1.82) is 0 Å². The topological polar surface area (TPSA) is 56.6 Å². The number of ether oxygens (including phenoxy) is 2. The van der Waals surface area contributed by atoms with Crippen LogP contribution in [0, 0.1) is 0 Å². The summed E-state index contributed by atoms with van der Waals surface area (Å²) in [6.45, 7) is 2.36. The lowest BCUT2D eigenvalue weighted by atomic mass is 10.1. The molecular weight excluding hydrogens is 354 g/mol. The molecule has 0 bridgehead atoms. The van der Waals surface area contributed by atoms with Crippen molar-refractivity contribution in [3.63, 3.8) is 0 Å². The van der Waals surface area contributed by atoms with Gasteiger partial charge in [-0.15, -0.1) is 0 Å². The van der Waals surface area contributed by atoms with Gasteiger partial charge in [0.05, 0.1) is 5.69 Å². The third kappa shape index (κ3) is 4.62. The van der Waals surface area contributed by atoms with Crippen LogP contribution in [0.2, 0.25) is 0 Å². The molecule has 1 fully saturated rings. The molecule has 2 aliphatic heterocycles. The maximum atomic E-state index is 12.4. The minimum absolute atomic E-state index is 0.0540. The summed E-state index contributed by atoms with van der Waals surface area (Å²) < 4.78 is 13.2. The van der Waals surface area contributed by atoms with E-state index in [9.17, 15) is 4.79 Å². The van der Waals surface area contributed by atoms with Gasteiger partial charge in [0.1, 0.15) is 12.8 Å². The van der Waals surface area contributed by atoms with Crippen molar-refractivity contribution in [2.75, 3.05) is 19.7 Å². The Morgan fingerprint density at radius 3 is 2.89 bits per heavy atom. The van der Waals surface area contributed by atoms with Crippen LogP contribution in [0.4, 0.5) is 4.79 Å². The Hall–Kier alpha value is -2.60. The van der Waals surface area contributed by atoms with Crippen LogP contribution >= 0.6 is 0 Å². The van der Waals surface area contributed by atoms with Crippen molar-refractivity contribution >= 4 is 11.7 Å². The van der Waals surface area contributed by atoms with Gasteiger partial charge in [0.2, 0.25) is 0 Å². The number of allylic oxidation sites excluding steroid dienone is 1. The van der Waals surface area contributed by atoms with Gasteiger partial charge in [-0.1, -0.05) is 36.4 Å². The van der Waals surface area contributed by atoms with E-state index in [0.29, 0.717) is 19.7 Å². The van der Waals surface area contributed by atoms with Crippen LogP contribution in [0.3, 0.4) is 0 Å². The smallest absolute Gasteiger partial charge is 0.410 e. The molecule has 0 N–H and O–H groups in total. The second-order valence-electron chi connectivity index (χ2n) is 7.32. The van der Waals surface area contributed by atoms with Crippen LogP contribution in [0.1, 0.15) is 49.6 Å². The second kappa shape index (κ2) is 9.06. The van der Waals surface area contributed by atoms with E-state index in [1.807, 2.05) is 47.3 Å². The monoisotopic (exact) mass is 381 g/mol. The van der Waals surface area contributed by atoms with Gasteiger partial charge in [-0.3, -0.25) is 0 Å². The van der Waals surface area contributed by atoms with E-state index in [1.165, 1.54) is 12.0 Å². The predicted octanol–water partition coefficient (Wildman–Crippen LogP) is 4.40. The van der Waals surface area contributed by atoms with Crippen LogP contribution in [0.5, 0.6) is 0 Å². The molecule has 1 aromatic heterocycles. The van der Waals surface area contributed by atoms with Gasteiger partial charge >= 0.3 is 6.09 Å². The standard InChI is InChI=1S/C22H27N3O3/c26-22(28-17-18-7-2-1-3-8-18)24-13-6-9-19(11-14-24)20-12-15-25(23-20)21-10-4-5-16-27-21/h1-3,7-8,11-12,15,21H,4-6,9-10,13-14,16-17H2. The Labute approximate surface area is 165 Å². The summed E-state index contributed by atoms with van der Waals surface area (Å²) in [6.07, 6.45) is 9.04. The first-order chi connectivity index (χ1) is 13.8. The van der Waals surface area contributed by atoms with Gasteiger partial charge in [0.15, 0.2) is 0 Å². The molecular formula is C22H27N3O3. The first-order valence-electron chi connectivity index (χ1n) is 10.1. The van der Waals surface area contributed by atoms with Gasteiger partial charge in [-0.2, -0.15) is 5.10 Å². The number of hydrogen-bond donors (Lipinski definition) is 0. The van der Waals surface area contributed by atoms with Crippen molar-refractivity contribution in [2.45, 2.75) is 44.9 Å². The quantitative estimate of drug-likeness (QED) is 0.788. The van der Waals surface area contributed by atoms with Crippen LogP contribution in [-0.2, 0) is 16.1 Å². The fraction of sp³-hybridized carbons (Fsp3) is 0.455. The first kappa shape index (κ1) is 18.7. The van der Waals surface area contributed by atoms with Crippen molar-refractivity contribution in [3.05, 3.63) is 59.9 Å². The summed E-state index contributed by atoms with van der Waals surface area (Å²) in [7, 11) is 0. The van der Waals surface area contributed by atoms with Gasteiger partial charge in [0, 0.05) is 25.9 Å². The molecule has 1 aromatic carbocycles. The number of hydrogen-bond acceptors (Lipinski definition) is 4. The summed E-state index contributed by atoms with van der Waals surface area (Å²) in [5.74, 6) is 0. The number of rotatable bonds is 4. The molecule has 0 aliphatic carbocycles. The number of benzene rings is 1. The van der Waals surface area contributed by atoms with E-state index >= 15 is 0 Å². The molecule has 4 rings (SSSR count). The number of aromatic nitrogens is 2. The molecule has 2 aliphatic rings. The zero-order valence-corrected chi connectivity index (χ0v) is 16.1. The predicted molar refractivity (Wildman–Crippen MR) is 106 cm³/mol. The fourth-order valence-electron chi connectivity index (χ4n) is 3.69. The lowest BCUT2D eigenvalue weighted by Gasteiger charge is -2.22. The summed E-state index contributed by atoms with van der Waals surface area (Å²) in [5.41, 5.74) is 3.17. The first-order valence-corrected chi connectivity index (χ1v) is 10.1. The molecule has 3 heterocycles. The summed E-state index contributed by atoms with van der Waals surface area (Å²) in [5, 5.41) is 4.73. The van der Waals surface area contributed by atoms with Crippen LogP contribution in [0.15, 0.2) is 48.7 Å². The normalized spacial score (nSPS) is 20.4. The molecule has 1 atom stereocenters. The van der Waals surface area contributed by atoms with Crippen molar-refractivity contribution in [2.24, 2.45) is 0 Å². The Bertz CT molecular complexity index is 809. The molecule has 6 heteroatoms. The van der Waals surface area contributed by atoms with Crippen molar-refractivity contribution < 1.29 is 14.3 Å². The molecule has 0 saturated carbocycles. The highest BCUT2D eigenvalue weighted by molar-refractivity contribution is 5.70. The average molecular weight is 381 g/mol. The summed E-state index contributed by atoms with van der Waals surface area (Å²) in [6, 6.07) is 11.8. The highest BCUT2D eigenvalue weighted by Gasteiger charge is 2.20. The molecule has 1 saturated heterocycles. The van der Waals surface area contributed by atoms with Gasteiger partial charge < -0.3 is 14.4 Å². The lowest BCUT2D eigenvalue weighted by Crippen LogP contribution is -2.31. The van der Waals surface area contributed by atoms with E-state index in [1.54, 1.807) is 4.90 Å². The highest BCUT2D eigenvalue weighted by Crippen LogP contribution is 2.25. The number of carbonyl (C=O) groups is 1. The third-order valence-electron chi connectivity index (χ3n) is 5.28. The molecule has 2 aromatic rings. The zero-order valence-electron chi connectivity index (χ0n) is 16.1. The summed E-state index contributed by atoms with van der Waals surface area (Å²) in [4.78, 5) is 14.2. The average Bonchev–Trinajstić information content (AvgIpc) is 3.11. The van der Waals surface area contributed by atoms with E-state index in [0.717, 1.165) is 43.5 Å². The van der Waals surface area contributed by atoms with Crippen molar-refractivity contribution in [1.82, 2.24) is 14.7 Å². The SMILES string of the molecule is O=C(OCc1ccccc1)N1CC=C(c2ccn(C3CCCCO3)n2)CCC1. The minimum Gasteiger partial charge on any atom is -0.445 e. The van der Waals surface area contributed by atoms with Gasteiger partial charge in [-0.25, -0.2) is 9.48 Å². The Morgan fingerprint density at radius 2 is 2.07 bits per heavy atom. The molecule has 0 radical (unpaired) electrons. The van der Waals surface area contributed by atoms with E-state index in [2.05, 4.69) is 6.08 Å². The number of nitrogens with zero attached hydrogens (tertiary/aromatic N) is 3. The van der Waals surface area contributed by atoms with Gasteiger partial charge in [-0.05, 0) is 49.3 Å². The molecule has 148 valence electrons. The molecule has 1 unspecified atom stereocenters. The lowest BCUT2D eigenvalue weighted by molar-refractivity contribution is -0.0395. The Balaban J connectivity index is 1.35. The number of carbonyl (C=O) groups excluding carboxylic acids is 1. The summed E-state index contributed by atoms with van der Waals surface area (Å²) >= 11 is 0. The molecule has 0 spiro atoms. The highest BCUT2D eigenvalue weighted by atomic mass is 16.6.